The zero-order valence-electron chi connectivity index (χ0n) is 11.3. The van der Waals surface area contributed by atoms with Crippen molar-refractivity contribution in [1.29, 1.82) is 0 Å². The van der Waals surface area contributed by atoms with E-state index in [1.54, 1.807) is 0 Å². The van der Waals surface area contributed by atoms with Crippen molar-refractivity contribution in [3.8, 4) is 11.5 Å². The molecule has 3 aromatic rings. The standard InChI is InChI=1S/C15H16N4O/c1-10(8-9-16)15-18-14(19-20-15)13-7-6-11-4-2-3-5-12(11)17-13/h2-7,10H,8-9,16H2,1H3. The van der Waals surface area contributed by atoms with Crippen molar-refractivity contribution in [3.63, 3.8) is 0 Å². The van der Waals surface area contributed by atoms with Crippen LogP contribution in [-0.2, 0) is 0 Å². The topological polar surface area (TPSA) is 77.8 Å². The van der Waals surface area contributed by atoms with Crippen LogP contribution in [0.2, 0.25) is 0 Å². The van der Waals surface area contributed by atoms with Gasteiger partial charge in [-0.1, -0.05) is 36.3 Å². The van der Waals surface area contributed by atoms with Crippen molar-refractivity contribution in [3.05, 3.63) is 42.3 Å². The summed E-state index contributed by atoms with van der Waals surface area (Å²) < 4.78 is 5.29. The highest BCUT2D eigenvalue weighted by molar-refractivity contribution is 5.80. The summed E-state index contributed by atoms with van der Waals surface area (Å²) in [5.74, 6) is 1.30. The molecule has 5 heteroatoms. The minimum atomic E-state index is 0.168. The minimum Gasteiger partial charge on any atom is -0.339 e. The highest BCUT2D eigenvalue weighted by atomic mass is 16.5. The normalized spacial score (nSPS) is 12.7. The van der Waals surface area contributed by atoms with Crippen LogP contribution in [0.1, 0.15) is 25.2 Å². The molecule has 0 radical (unpaired) electrons. The first kappa shape index (κ1) is 12.7. The molecule has 0 bridgehead atoms. The van der Waals surface area contributed by atoms with E-state index in [2.05, 4.69) is 15.1 Å². The highest BCUT2D eigenvalue weighted by Gasteiger charge is 2.15. The fraction of sp³-hybridized carbons (Fsp3) is 0.267. The average Bonchev–Trinajstić information content (AvgIpc) is 2.97. The lowest BCUT2D eigenvalue weighted by Gasteiger charge is -2.01. The molecule has 0 aliphatic heterocycles. The second kappa shape index (κ2) is 5.38. The van der Waals surface area contributed by atoms with E-state index in [0.29, 0.717) is 18.3 Å². The molecule has 1 unspecified atom stereocenters. The summed E-state index contributed by atoms with van der Waals surface area (Å²) in [5.41, 5.74) is 7.19. The maximum atomic E-state index is 5.54. The summed E-state index contributed by atoms with van der Waals surface area (Å²) in [5, 5.41) is 5.10. The summed E-state index contributed by atoms with van der Waals surface area (Å²) in [6.07, 6.45) is 0.826. The van der Waals surface area contributed by atoms with Gasteiger partial charge in [0.15, 0.2) is 0 Å². The van der Waals surface area contributed by atoms with E-state index < -0.39 is 0 Å². The zero-order chi connectivity index (χ0) is 13.9. The molecule has 20 heavy (non-hydrogen) atoms. The van der Waals surface area contributed by atoms with Gasteiger partial charge in [0.05, 0.1) is 5.52 Å². The van der Waals surface area contributed by atoms with Crippen LogP contribution in [0.4, 0.5) is 0 Å². The molecule has 2 heterocycles. The Kier molecular flexibility index (Phi) is 3.43. The van der Waals surface area contributed by atoms with Crippen molar-refractivity contribution < 1.29 is 4.52 Å². The molecular weight excluding hydrogens is 252 g/mol. The number of fused-ring (bicyclic) bond motifs is 1. The lowest BCUT2D eigenvalue weighted by atomic mass is 10.1. The Bertz CT molecular complexity index is 722. The fourth-order valence-electron chi connectivity index (χ4n) is 2.10. The van der Waals surface area contributed by atoms with Crippen LogP contribution in [-0.4, -0.2) is 21.7 Å². The third kappa shape index (κ3) is 2.40. The summed E-state index contributed by atoms with van der Waals surface area (Å²) in [6, 6.07) is 11.9. The van der Waals surface area contributed by atoms with E-state index in [1.165, 1.54) is 0 Å². The van der Waals surface area contributed by atoms with Gasteiger partial charge in [0.2, 0.25) is 11.7 Å². The maximum absolute atomic E-state index is 5.54. The molecule has 102 valence electrons. The first-order chi connectivity index (χ1) is 9.78. The van der Waals surface area contributed by atoms with Crippen LogP contribution in [0, 0.1) is 0 Å². The van der Waals surface area contributed by atoms with Crippen molar-refractivity contribution in [2.45, 2.75) is 19.3 Å². The number of benzene rings is 1. The lowest BCUT2D eigenvalue weighted by molar-refractivity contribution is 0.355. The van der Waals surface area contributed by atoms with Crippen molar-refractivity contribution in [2.24, 2.45) is 5.73 Å². The van der Waals surface area contributed by atoms with E-state index in [1.807, 2.05) is 43.3 Å². The molecule has 5 nitrogen and oxygen atoms in total. The first-order valence-electron chi connectivity index (χ1n) is 6.68. The molecule has 0 aliphatic carbocycles. The molecule has 1 aromatic carbocycles. The zero-order valence-corrected chi connectivity index (χ0v) is 11.3. The summed E-state index contributed by atoms with van der Waals surface area (Å²) in [6.45, 7) is 2.63. The van der Waals surface area contributed by atoms with Crippen molar-refractivity contribution in [2.75, 3.05) is 6.54 Å². The molecule has 0 saturated carbocycles. The van der Waals surface area contributed by atoms with Gasteiger partial charge in [0.1, 0.15) is 5.69 Å². The smallest absolute Gasteiger partial charge is 0.229 e. The monoisotopic (exact) mass is 268 g/mol. The highest BCUT2D eigenvalue weighted by Crippen LogP contribution is 2.22. The fourth-order valence-corrected chi connectivity index (χ4v) is 2.10. The summed E-state index contributed by atoms with van der Waals surface area (Å²) in [4.78, 5) is 8.96. The Balaban J connectivity index is 1.94. The van der Waals surface area contributed by atoms with Gasteiger partial charge in [-0.2, -0.15) is 4.98 Å². The van der Waals surface area contributed by atoms with Gasteiger partial charge in [-0.05, 0) is 25.1 Å². The van der Waals surface area contributed by atoms with Gasteiger partial charge in [-0.3, -0.25) is 0 Å². The van der Waals surface area contributed by atoms with Gasteiger partial charge in [-0.15, -0.1) is 0 Å². The van der Waals surface area contributed by atoms with Crippen molar-refractivity contribution >= 4 is 10.9 Å². The number of aromatic nitrogens is 3. The van der Waals surface area contributed by atoms with E-state index in [4.69, 9.17) is 10.3 Å². The summed E-state index contributed by atoms with van der Waals surface area (Å²) >= 11 is 0. The third-order valence-corrected chi connectivity index (χ3v) is 3.29. The number of hydrogen-bond acceptors (Lipinski definition) is 5. The van der Waals surface area contributed by atoms with Gasteiger partial charge in [0, 0.05) is 11.3 Å². The number of hydrogen-bond donors (Lipinski definition) is 1. The predicted octanol–water partition coefficient (Wildman–Crippen LogP) is 2.74. The number of para-hydroxylation sites is 1. The molecular formula is C15H16N4O. The lowest BCUT2D eigenvalue weighted by Crippen LogP contribution is -2.04. The quantitative estimate of drug-likeness (QED) is 0.787. The van der Waals surface area contributed by atoms with Crippen LogP contribution in [0.15, 0.2) is 40.9 Å². The second-order valence-corrected chi connectivity index (χ2v) is 4.82. The predicted molar refractivity (Wildman–Crippen MR) is 77.1 cm³/mol. The van der Waals surface area contributed by atoms with E-state index in [9.17, 15) is 0 Å². The second-order valence-electron chi connectivity index (χ2n) is 4.82. The van der Waals surface area contributed by atoms with Crippen LogP contribution in [0.25, 0.3) is 22.4 Å². The molecule has 2 aromatic heterocycles. The number of nitrogens with zero attached hydrogens (tertiary/aromatic N) is 3. The third-order valence-electron chi connectivity index (χ3n) is 3.29. The molecule has 2 N–H and O–H groups in total. The van der Waals surface area contributed by atoms with Gasteiger partial charge in [0.25, 0.3) is 0 Å². The Morgan fingerprint density at radius 3 is 2.85 bits per heavy atom. The molecule has 0 amide bonds. The van der Waals surface area contributed by atoms with E-state index in [-0.39, 0.29) is 5.92 Å². The number of rotatable bonds is 4. The summed E-state index contributed by atoms with van der Waals surface area (Å²) in [7, 11) is 0. The number of nitrogens with two attached hydrogens (primary N) is 1. The van der Waals surface area contributed by atoms with Gasteiger partial charge >= 0.3 is 0 Å². The molecule has 3 rings (SSSR count). The molecule has 0 aliphatic rings. The number of pyridine rings is 1. The van der Waals surface area contributed by atoms with E-state index >= 15 is 0 Å². The molecule has 0 saturated heterocycles. The largest absolute Gasteiger partial charge is 0.339 e. The van der Waals surface area contributed by atoms with Crippen molar-refractivity contribution in [1.82, 2.24) is 15.1 Å². The maximum Gasteiger partial charge on any atom is 0.229 e. The average molecular weight is 268 g/mol. The minimum absolute atomic E-state index is 0.168. The Hall–Kier alpha value is -2.27. The molecule has 0 spiro atoms. The van der Waals surface area contributed by atoms with Crippen LogP contribution < -0.4 is 5.73 Å². The Morgan fingerprint density at radius 1 is 1.15 bits per heavy atom. The first-order valence-corrected chi connectivity index (χ1v) is 6.68. The van der Waals surface area contributed by atoms with Crippen LogP contribution in [0.5, 0.6) is 0 Å². The van der Waals surface area contributed by atoms with E-state index in [0.717, 1.165) is 23.0 Å². The van der Waals surface area contributed by atoms with Gasteiger partial charge < -0.3 is 10.3 Å². The van der Waals surface area contributed by atoms with Crippen LogP contribution >= 0.6 is 0 Å². The Morgan fingerprint density at radius 2 is 2.00 bits per heavy atom. The van der Waals surface area contributed by atoms with Gasteiger partial charge in [-0.25, -0.2) is 4.98 Å². The molecule has 0 fully saturated rings. The molecule has 1 atom stereocenters. The SMILES string of the molecule is CC(CCN)c1nc(-c2ccc3ccccc3n2)no1. The Labute approximate surface area is 116 Å². The van der Waals surface area contributed by atoms with Crippen LogP contribution in [0.3, 0.4) is 0 Å².